The van der Waals surface area contributed by atoms with Crippen LogP contribution in [0.15, 0.2) is 0 Å². The summed E-state index contributed by atoms with van der Waals surface area (Å²) in [5.41, 5.74) is 0. The highest BCUT2D eigenvalue weighted by Gasteiger charge is 2.38. The molecule has 2 rings (SSSR count). The highest BCUT2D eigenvalue weighted by atomic mass is 16.4. The van der Waals surface area contributed by atoms with Gasteiger partial charge in [-0.3, -0.25) is 9.69 Å². The third-order valence-electron chi connectivity index (χ3n) is 4.51. The first-order chi connectivity index (χ1) is 10.4. The van der Waals surface area contributed by atoms with E-state index in [0.717, 1.165) is 38.8 Å². The average molecular weight is 311 g/mol. The van der Waals surface area contributed by atoms with Crippen LogP contribution in [0.1, 0.15) is 46.5 Å². The van der Waals surface area contributed by atoms with Gasteiger partial charge in [-0.1, -0.05) is 20.8 Å². The summed E-state index contributed by atoms with van der Waals surface area (Å²) in [6.07, 6.45) is 3.95. The van der Waals surface area contributed by atoms with Crippen LogP contribution in [0.5, 0.6) is 0 Å². The number of urea groups is 1. The van der Waals surface area contributed by atoms with Crippen LogP contribution in [0.4, 0.5) is 4.79 Å². The number of amides is 2. The lowest BCUT2D eigenvalue weighted by molar-refractivity contribution is -0.139. The monoisotopic (exact) mass is 311 g/mol. The minimum Gasteiger partial charge on any atom is -0.480 e. The second-order valence-corrected chi connectivity index (χ2v) is 7.01. The number of likely N-dealkylation sites (N-methyl/N-ethyl adjacent to an activating group) is 1. The van der Waals surface area contributed by atoms with Crippen molar-refractivity contribution in [1.82, 2.24) is 15.1 Å². The number of carbonyl (C=O) groups excluding carboxylic acids is 1. The van der Waals surface area contributed by atoms with Crippen LogP contribution in [0.25, 0.3) is 0 Å². The first kappa shape index (κ1) is 17.1. The van der Waals surface area contributed by atoms with Crippen LogP contribution >= 0.6 is 0 Å². The Morgan fingerprint density at radius 1 is 1.23 bits per heavy atom. The van der Waals surface area contributed by atoms with Crippen molar-refractivity contribution in [2.45, 2.75) is 64.6 Å². The van der Waals surface area contributed by atoms with Crippen LogP contribution in [0.3, 0.4) is 0 Å². The molecule has 0 saturated heterocycles. The minimum absolute atomic E-state index is 0.0564. The first-order valence-corrected chi connectivity index (χ1v) is 8.43. The number of carbonyl (C=O) groups is 2. The Hall–Kier alpha value is -1.30. The van der Waals surface area contributed by atoms with Crippen molar-refractivity contribution in [3.05, 3.63) is 0 Å². The number of aliphatic carboxylic acids is 1. The van der Waals surface area contributed by atoms with E-state index in [2.05, 4.69) is 19.2 Å². The summed E-state index contributed by atoms with van der Waals surface area (Å²) in [6.45, 7) is 7.88. The molecule has 0 bridgehead atoms. The molecule has 0 heterocycles. The molecule has 0 radical (unpaired) electrons. The molecule has 0 aromatic rings. The number of hydrogen-bond acceptors (Lipinski definition) is 3. The van der Waals surface area contributed by atoms with Gasteiger partial charge in [0.1, 0.15) is 0 Å². The SMILES string of the molecule is CCN(CC(=O)O)C1CC(NC(=O)N(CC(C)C)C2CC2)C1. The Morgan fingerprint density at radius 3 is 2.32 bits per heavy atom. The summed E-state index contributed by atoms with van der Waals surface area (Å²) in [5, 5.41) is 12.0. The maximum Gasteiger partial charge on any atom is 0.317 e. The summed E-state index contributed by atoms with van der Waals surface area (Å²) < 4.78 is 0. The van der Waals surface area contributed by atoms with Gasteiger partial charge in [0.05, 0.1) is 6.54 Å². The third-order valence-corrected chi connectivity index (χ3v) is 4.51. The molecule has 0 aliphatic heterocycles. The van der Waals surface area contributed by atoms with Crippen molar-refractivity contribution in [2.75, 3.05) is 19.6 Å². The van der Waals surface area contributed by atoms with Gasteiger partial charge in [0, 0.05) is 24.7 Å². The Bertz CT molecular complexity index is 403. The van der Waals surface area contributed by atoms with Gasteiger partial charge in [0.25, 0.3) is 0 Å². The molecule has 0 atom stereocenters. The van der Waals surface area contributed by atoms with E-state index in [1.54, 1.807) is 0 Å². The van der Waals surface area contributed by atoms with Gasteiger partial charge in [-0.05, 0) is 38.1 Å². The van der Waals surface area contributed by atoms with E-state index in [1.165, 1.54) is 0 Å². The maximum absolute atomic E-state index is 12.4. The molecular weight excluding hydrogens is 282 g/mol. The van der Waals surface area contributed by atoms with Crippen LogP contribution in [-0.2, 0) is 4.79 Å². The van der Waals surface area contributed by atoms with Gasteiger partial charge in [-0.2, -0.15) is 0 Å². The van der Waals surface area contributed by atoms with Gasteiger partial charge in [-0.15, -0.1) is 0 Å². The highest BCUT2D eigenvalue weighted by molar-refractivity contribution is 5.75. The van der Waals surface area contributed by atoms with E-state index in [4.69, 9.17) is 5.11 Å². The van der Waals surface area contributed by atoms with E-state index < -0.39 is 5.97 Å². The average Bonchev–Trinajstić information content (AvgIpc) is 3.21. The fourth-order valence-corrected chi connectivity index (χ4v) is 3.11. The standard InChI is InChI=1S/C16H29N3O3/c1-4-18(10-15(20)21)14-7-12(8-14)17-16(22)19(9-11(2)3)13-5-6-13/h11-14H,4-10H2,1-3H3,(H,17,22)(H,20,21). The van der Waals surface area contributed by atoms with Gasteiger partial charge in [-0.25, -0.2) is 4.79 Å². The number of carboxylic acid groups (broad SMARTS) is 1. The number of carboxylic acids is 1. The third kappa shape index (κ3) is 4.60. The normalized spacial score (nSPS) is 24.2. The molecule has 2 aliphatic rings. The van der Waals surface area contributed by atoms with E-state index >= 15 is 0 Å². The molecule has 0 aromatic carbocycles. The van der Waals surface area contributed by atoms with Crippen LogP contribution < -0.4 is 5.32 Å². The van der Waals surface area contributed by atoms with Crippen molar-refractivity contribution < 1.29 is 14.7 Å². The lowest BCUT2D eigenvalue weighted by Crippen LogP contribution is -2.57. The van der Waals surface area contributed by atoms with E-state index in [0.29, 0.717) is 12.0 Å². The molecule has 22 heavy (non-hydrogen) atoms. The summed E-state index contributed by atoms with van der Waals surface area (Å²) >= 11 is 0. The number of rotatable bonds is 8. The topological polar surface area (TPSA) is 72.9 Å². The largest absolute Gasteiger partial charge is 0.480 e. The smallest absolute Gasteiger partial charge is 0.317 e. The van der Waals surface area contributed by atoms with Crippen molar-refractivity contribution in [1.29, 1.82) is 0 Å². The maximum atomic E-state index is 12.4. The molecule has 2 amide bonds. The predicted molar refractivity (Wildman–Crippen MR) is 84.8 cm³/mol. The quantitative estimate of drug-likeness (QED) is 0.716. The second-order valence-electron chi connectivity index (χ2n) is 7.01. The fourth-order valence-electron chi connectivity index (χ4n) is 3.11. The summed E-state index contributed by atoms with van der Waals surface area (Å²) in [6, 6.07) is 0.956. The molecule has 2 fully saturated rings. The van der Waals surface area contributed by atoms with Crippen LogP contribution in [0.2, 0.25) is 0 Å². The Balaban J connectivity index is 1.76. The van der Waals surface area contributed by atoms with Gasteiger partial charge < -0.3 is 15.3 Å². The molecule has 2 N–H and O–H groups in total. The van der Waals surface area contributed by atoms with Crippen molar-refractivity contribution >= 4 is 12.0 Å². The zero-order chi connectivity index (χ0) is 16.3. The molecule has 6 heteroatoms. The van der Waals surface area contributed by atoms with Gasteiger partial charge in [0.2, 0.25) is 0 Å². The number of hydrogen-bond donors (Lipinski definition) is 2. The molecule has 2 aliphatic carbocycles. The van der Waals surface area contributed by atoms with Crippen molar-refractivity contribution in [3.63, 3.8) is 0 Å². The first-order valence-electron chi connectivity index (χ1n) is 8.43. The fraction of sp³-hybridized carbons (Fsp3) is 0.875. The van der Waals surface area contributed by atoms with Crippen molar-refractivity contribution in [3.8, 4) is 0 Å². The van der Waals surface area contributed by atoms with E-state index in [-0.39, 0.29) is 24.7 Å². The Labute approximate surface area is 132 Å². The van der Waals surface area contributed by atoms with Gasteiger partial charge in [0.15, 0.2) is 0 Å². The van der Waals surface area contributed by atoms with E-state index in [9.17, 15) is 9.59 Å². The molecule has 0 spiro atoms. The van der Waals surface area contributed by atoms with Crippen LogP contribution in [0, 0.1) is 5.92 Å². The Kier molecular flexibility index (Phi) is 5.67. The zero-order valence-electron chi connectivity index (χ0n) is 13.9. The number of nitrogens with zero attached hydrogens (tertiary/aromatic N) is 2. The molecule has 0 unspecified atom stereocenters. The lowest BCUT2D eigenvalue weighted by atomic mass is 9.85. The minimum atomic E-state index is -0.786. The van der Waals surface area contributed by atoms with Gasteiger partial charge >= 0.3 is 12.0 Å². The summed E-state index contributed by atoms with van der Waals surface area (Å²) in [7, 11) is 0. The molecule has 2 saturated carbocycles. The van der Waals surface area contributed by atoms with Crippen molar-refractivity contribution in [2.24, 2.45) is 5.92 Å². The number of nitrogens with one attached hydrogen (secondary N) is 1. The summed E-state index contributed by atoms with van der Waals surface area (Å²) in [5.74, 6) is -0.308. The molecule has 6 nitrogen and oxygen atoms in total. The Morgan fingerprint density at radius 2 is 1.86 bits per heavy atom. The van der Waals surface area contributed by atoms with E-state index in [1.807, 2.05) is 16.7 Å². The molecule has 0 aromatic heterocycles. The predicted octanol–water partition coefficient (Wildman–Crippen LogP) is 1.75. The van der Waals surface area contributed by atoms with Crippen LogP contribution in [-0.4, -0.2) is 64.7 Å². The second kappa shape index (κ2) is 7.31. The molecule has 126 valence electrons. The molecular formula is C16H29N3O3. The highest BCUT2D eigenvalue weighted by Crippen LogP contribution is 2.29. The zero-order valence-corrected chi connectivity index (χ0v) is 13.9. The lowest BCUT2D eigenvalue weighted by Gasteiger charge is -2.43. The summed E-state index contributed by atoms with van der Waals surface area (Å²) in [4.78, 5) is 27.2.